The Balaban J connectivity index is 1.16. The number of hydrogen-bond donors (Lipinski definition) is 1. The Hall–Kier alpha value is -3.35. The van der Waals surface area contributed by atoms with Crippen molar-refractivity contribution < 1.29 is 9.53 Å². The van der Waals surface area contributed by atoms with Crippen molar-refractivity contribution in [1.82, 2.24) is 14.5 Å². The Labute approximate surface area is 221 Å². The van der Waals surface area contributed by atoms with Gasteiger partial charge in [0, 0.05) is 35.8 Å². The van der Waals surface area contributed by atoms with Gasteiger partial charge in [0.25, 0.3) is 0 Å². The second kappa shape index (κ2) is 10.6. The van der Waals surface area contributed by atoms with Gasteiger partial charge in [-0.2, -0.15) is 0 Å². The number of para-hydroxylation sites is 1. The number of hydrogen-bond acceptors (Lipinski definition) is 4. The molecule has 6 heteroatoms. The summed E-state index contributed by atoms with van der Waals surface area (Å²) in [5, 5.41) is 6.50. The zero-order valence-electron chi connectivity index (χ0n) is 21.3. The van der Waals surface area contributed by atoms with E-state index < -0.39 is 0 Å². The molecule has 0 atom stereocenters. The lowest BCUT2D eigenvalue weighted by molar-refractivity contribution is 0.103. The number of fused-ring (bicyclic) bond motifs is 2. The summed E-state index contributed by atoms with van der Waals surface area (Å²) in [5.41, 5.74) is 5.14. The minimum absolute atomic E-state index is 0.101. The third kappa shape index (κ3) is 4.83. The smallest absolute Gasteiger partial charge is 0.211 e. The maximum Gasteiger partial charge on any atom is 0.211 e. The number of rotatable bonds is 9. The Bertz CT molecular complexity index is 1520. The van der Waals surface area contributed by atoms with E-state index in [1.165, 1.54) is 10.3 Å². The summed E-state index contributed by atoms with van der Waals surface area (Å²) in [6, 6.07) is 21.0. The number of ketones is 1. The molecular weight excluding hydrogens is 478 g/mol. The lowest BCUT2D eigenvalue weighted by Gasteiger charge is -2.23. The summed E-state index contributed by atoms with van der Waals surface area (Å²) in [6.45, 7) is 5.82. The number of aromatic nitrogens is 2. The maximum atomic E-state index is 13.7. The largest absolute Gasteiger partial charge is 0.490 e. The molecule has 0 amide bonds. The average molecular weight is 512 g/mol. The minimum Gasteiger partial charge on any atom is -0.490 e. The molecule has 5 aromatic rings. The van der Waals surface area contributed by atoms with Crippen LogP contribution in [0.1, 0.15) is 47.8 Å². The molecule has 0 radical (unpaired) electrons. The molecule has 0 unspecified atom stereocenters. The van der Waals surface area contributed by atoms with Crippen LogP contribution >= 0.6 is 11.3 Å². The van der Waals surface area contributed by atoms with Gasteiger partial charge in [-0.1, -0.05) is 30.3 Å². The summed E-state index contributed by atoms with van der Waals surface area (Å²) in [7, 11) is 0. The fourth-order valence-electron chi connectivity index (χ4n) is 5.55. The van der Waals surface area contributed by atoms with Gasteiger partial charge in [-0.05, 0) is 87.0 Å². The van der Waals surface area contributed by atoms with E-state index in [1.807, 2.05) is 6.07 Å². The molecular formula is C31H33N3O2S. The van der Waals surface area contributed by atoms with Gasteiger partial charge >= 0.3 is 0 Å². The van der Waals surface area contributed by atoms with Crippen LogP contribution < -0.4 is 10.1 Å². The van der Waals surface area contributed by atoms with Crippen LogP contribution in [0.4, 0.5) is 0 Å². The second-order valence-electron chi connectivity index (χ2n) is 9.84. The third-order valence-corrected chi connectivity index (χ3v) is 8.33. The first-order valence-corrected chi connectivity index (χ1v) is 14.2. The molecule has 2 aromatic carbocycles. The molecule has 1 saturated heterocycles. The van der Waals surface area contributed by atoms with Gasteiger partial charge in [0.2, 0.25) is 5.78 Å². The zero-order valence-corrected chi connectivity index (χ0v) is 22.1. The van der Waals surface area contributed by atoms with E-state index in [1.54, 1.807) is 11.3 Å². The monoisotopic (exact) mass is 511 g/mol. The van der Waals surface area contributed by atoms with E-state index in [-0.39, 0.29) is 5.78 Å². The summed E-state index contributed by atoms with van der Waals surface area (Å²) < 4.78 is 11.7. The number of nitrogens with zero attached hydrogens (tertiary/aromatic N) is 2. The molecule has 5 nitrogen and oxygen atoms in total. The average Bonchev–Trinajstić information content (AvgIpc) is 3.63. The van der Waals surface area contributed by atoms with E-state index in [4.69, 9.17) is 4.74 Å². The SMILES string of the molecule is CCn1c(C(=O)c2cn(CCCc3ccc(OC4CCNCC4)cc3)c3ccccc23)cc2sccc21. The van der Waals surface area contributed by atoms with E-state index >= 15 is 0 Å². The van der Waals surface area contributed by atoms with Crippen LogP contribution in [0.25, 0.3) is 21.1 Å². The van der Waals surface area contributed by atoms with E-state index in [2.05, 4.69) is 87.5 Å². The molecule has 3 aromatic heterocycles. The highest BCUT2D eigenvalue weighted by Gasteiger charge is 2.21. The Kier molecular flexibility index (Phi) is 6.85. The van der Waals surface area contributed by atoms with E-state index in [0.29, 0.717) is 6.10 Å². The highest BCUT2D eigenvalue weighted by molar-refractivity contribution is 7.17. The summed E-state index contributed by atoms with van der Waals surface area (Å²) in [4.78, 5) is 13.7. The fourth-order valence-corrected chi connectivity index (χ4v) is 6.37. The third-order valence-electron chi connectivity index (χ3n) is 7.48. The van der Waals surface area contributed by atoms with Crippen molar-refractivity contribution in [3.63, 3.8) is 0 Å². The lowest BCUT2D eigenvalue weighted by Crippen LogP contribution is -2.34. The van der Waals surface area contributed by atoms with Gasteiger partial charge in [-0.15, -0.1) is 11.3 Å². The van der Waals surface area contributed by atoms with Crippen molar-refractivity contribution >= 4 is 38.2 Å². The summed E-state index contributed by atoms with van der Waals surface area (Å²) >= 11 is 1.69. The Morgan fingerprint density at radius 1 is 1.05 bits per heavy atom. The van der Waals surface area contributed by atoms with Crippen molar-refractivity contribution in [1.29, 1.82) is 0 Å². The van der Waals surface area contributed by atoms with Crippen LogP contribution in [-0.4, -0.2) is 34.1 Å². The zero-order chi connectivity index (χ0) is 25.2. The van der Waals surface area contributed by atoms with Crippen molar-refractivity contribution in [2.75, 3.05) is 13.1 Å². The minimum atomic E-state index is 0.101. The lowest BCUT2D eigenvalue weighted by atomic mass is 10.1. The maximum absolute atomic E-state index is 13.7. The predicted molar refractivity (Wildman–Crippen MR) is 152 cm³/mol. The van der Waals surface area contributed by atoms with Gasteiger partial charge in [-0.3, -0.25) is 4.79 Å². The molecule has 6 rings (SSSR count). The van der Waals surface area contributed by atoms with Gasteiger partial charge in [0.15, 0.2) is 0 Å². The number of piperidine rings is 1. The van der Waals surface area contributed by atoms with Crippen LogP contribution in [0.15, 0.2) is 72.2 Å². The molecule has 0 saturated carbocycles. The van der Waals surface area contributed by atoms with Crippen molar-refractivity contribution in [3.05, 3.63) is 89.1 Å². The summed E-state index contributed by atoms with van der Waals surface area (Å²) in [5.74, 6) is 1.07. The van der Waals surface area contributed by atoms with Crippen molar-refractivity contribution in [3.8, 4) is 5.75 Å². The van der Waals surface area contributed by atoms with Gasteiger partial charge in [0.1, 0.15) is 11.9 Å². The first-order chi connectivity index (χ1) is 18.2. The number of carbonyl (C=O) groups excluding carboxylic acids is 1. The molecule has 1 N–H and O–H groups in total. The Morgan fingerprint density at radius 2 is 1.86 bits per heavy atom. The fraction of sp³-hybridized carbons (Fsp3) is 0.323. The number of thiophene rings is 1. The van der Waals surface area contributed by atoms with E-state index in [0.717, 1.165) is 85.3 Å². The number of aryl methyl sites for hydroxylation is 3. The van der Waals surface area contributed by atoms with Crippen LogP contribution in [0.3, 0.4) is 0 Å². The summed E-state index contributed by atoms with van der Waals surface area (Å²) in [6.07, 6.45) is 6.51. The standard InChI is InChI=1S/C31H33N3O2S/c1-2-34-28-15-19-37-30(28)20-29(34)31(35)26-21-33(27-8-4-3-7-25(26)27)18-5-6-22-9-11-23(12-10-22)36-24-13-16-32-17-14-24/h3-4,7-12,15,19-21,24,32H,2,5-6,13-14,16-18H2,1H3. The van der Waals surface area contributed by atoms with Crippen LogP contribution in [0.5, 0.6) is 5.75 Å². The van der Waals surface area contributed by atoms with Crippen LogP contribution in [0.2, 0.25) is 0 Å². The molecule has 1 aliphatic heterocycles. The number of ether oxygens (including phenoxy) is 1. The van der Waals surface area contributed by atoms with Crippen molar-refractivity contribution in [2.45, 2.75) is 51.8 Å². The van der Waals surface area contributed by atoms with Crippen LogP contribution in [-0.2, 0) is 19.5 Å². The number of benzene rings is 2. The predicted octanol–water partition coefficient (Wildman–Crippen LogP) is 6.67. The Morgan fingerprint density at radius 3 is 2.68 bits per heavy atom. The molecule has 37 heavy (non-hydrogen) atoms. The molecule has 0 aliphatic carbocycles. The number of nitrogens with one attached hydrogen (secondary N) is 1. The second-order valence-corrected chi connectivity index (χ2v) is 10.8. The molecule has 0 bridgehead atoms. The number of carbonyl (C=O) groups is 1. The van der Waals surface area contributed by atoms with Gasteiger partial charge < -0.3 is 19.2 Å². The molecule has 0 spiro atoms. The molecule has 4 heterocycles. The van der Waals surface area contributed by atoms with Crippen LogP contribution in [0, 0.1) is 0 Å². The first-order valence-electron chi connectivity index (χ1n) is 13.4. The topological polar surface area (TPSA) is 48.2 Å². The quantitative estimate of drug-likeness (QED) is 0.225. The van der Waals surface area contributed by atoms with Gasteiger partial charge in [-0.25, -0.2) is 0 Å². The first kappa shape index (κ1) is 24.0. The molecule has 1 fully saturated rings. The van der Waals surface area contributed by atoms with Crippen molar-refractivity contribution in [2.24, 2.45) is 0 Å². The molecule has 190 valence electrons. The van der Waals surface area contributed by atoms with E-state index in [9.17, 15) is 4.79 Å². The highest BCUT2D eigenvalue weighted by atomic mass is 32.1. The van der Waals surface area contributed by atoms with Gasteiger partial charge in [0.05, 0.1) is 15.9 Å². The highest BCUT2D eigenvalue weighted by Crippen LogP contribution is 2.30. The normalized spacial score (nSPS) is 14.5. The molecule has 1 aliphatic rings.